The summed E-state index contributed by atoms with van der Waals surface area (Å²) in [6, 6.07) is 5.94. The van der Waals surface area contributed by atoms with E-state index in [4.69, 9.17) is 0 Å². The predicted octanol–water partition coefficient (Wildman–Crippen LogP) is 0.116. The zero-order chi connectivity index (χ0) is 17.6. The summed E-state index contributed by atoms with van der Waals surface area (Å²) >= 11 is 0. The molecule has 2 aromatic rings. The largest absolute Gasteiger partial charge is 0.341 e. The van der Waals surface area contributed by atoms with Crippen molar-refractivity contribution >= 4 is 11.8 Å². The van der Waals surface area contributed by atoms with E-state index in [1.807, 2.05) is 0 Å². The Morgan fingerprint density at radius 1 is 1.00 bits per heavy atom. The van der Waals surface area contributed by atoms with Crippen molar-refractivity contribution in [2.75, 3.05) is 26.2 Å². The van der Waals surface area contributed by atoms with Gasteiger partial charge in [-0.2, -0.15) is 0 Å². The maximum atomic E-state index is 12.9. The van der Waals surface area contributed by atoms with E-state index in [-0.39, 0.29) is 30.6 Å². The maximum Gasteiger partial charge on any atom is 0.244 e. The van der Waals surface area contributed by atoms with Gasteiger partial charge in [-0.3, -0.25) is 9.59 Å². The number of halogens is 1. The van der Waals surface area contributed by atoms with Gasteiger partial charge in [-0.15, -0.1) is 5.10 Å². The predicted molar refractivity (Wildman–Crippen MR) is 85.7 cm³/mol. The topological polar surface area (TPSA) is 84.2 Å². The van der Waals surface area contributed by atoms with Crippen LogP contribution in [0.15, 0.2) is 30.6 Å². The summed E-state index contributed by atoms with van der Waals surface area (Å²) in [6.07, 6.45) is 2.35. The lowest BCUT2D eigenvalue weighted by Crippen LogP contribution is -2.39. The first-order valence-electron chi connectivity index (χ1n) is 8.12. The monoisotopic (exact) mass is 346 g/mol. The van der Waals surface area contributed by atoms with Crippen molar-refractivity contribution in [3.63, 3.8) is 0 Å². The Bertz CT molecular complexity index is 719. The van der Waals surface area contributed by atoms with Gasteiger partial charge < -0.3 is 9.80 Å². The van der Waals surface area contributed by atoms with Crippen molar-refractivity contribution in [3.05, 3.63) is 42.0 Å². The minimum atomic E-state index is -0.317. The Labute approximate surface area is 144 Å². The summed E-state index contributed by atoms with van der Waals surface area (Å²) in [5, 5.41) is 10.7. The number of aromatic nitrogens is 4. The third-order valence-electron chi connectivity index (χ3n) is 4.16. The number of rotatable bonds is 4. The number of tetrazole rings is 1. The molecule has 0 unspecified atom stereocenters. The van der Waals surface area contributed by atoms with Crippen molar-refractivity contribution in [2.24, 2.45) is 0 Å². The van der Waals surface area contributed by atoms with E-state index in [0.29, 0.717) is 26.2 Å². The van der Waals surface area contributed by atoms with E-state index in [9.17, 15) is 14.0 Å². The SMILES string of the molecule is O=C(Cc1ccc(F)cc1)N1CCCN(C(=O)Cn2cnnn2)CC1. The summed E-state index contributed by atoms with van der Waals surface area (Å²) < 4.78 is 14.3. The highest BCUT2D eigenvalue weighted by molar-refractivity contribution is 5.79. The molecule has 2 amide bonds. The molecule has 1 aromatic heterocycles. The van der Waals surface area contributed by atoms with E-state index >= 15 is 0 Å². The molecule has 1 aromatic carbocycles. The van der Waals surface area contributed by atoms with Crippen molar-refractivity contribution < 1.29 is 14.0 Å². The zero-order valence-corrected chi connectivity index (χ0v) is 13.7. The van der Waals surface area contributed by atoms with E-state index in [2.05, 4.69) is 15.5 Å². The van der Waals surface area contributed by atoms with Crippen molar-refractivity contribution in [1.29, 1.82) is 0 Å². The number of hydrogen-bond donors (Lipinski definition) is 0. The van der Waals surface area contributed by atoms with Crippen LogP contribution >= 0.6 is 0 Å². The molecule has 1 fully saturated rings. The van der Waals surface area contributed by atoms with Gasteiger partial charge in [0.05, 0.1) is 6.42 Å². The minimum absolute atomic E-state index is 0.0126. The zero-order valence-electron chi connectivity index (χ0n) is 13.7. The molecule has 1 aliphatic rings. The smallest absolute Gasteiger partial charge is 0.244 e. The van der Waals surface area contributed by atoms with Gasteiger partial charge in [-0.1, -0.05) is 12.1 Å². The third-order valence-corrected chi connectivity index (χ3v) is 4.16. The lowest BCUT2D eigenvalue weighted by atomic mass is 10.1. The molecule has 1 aliphatic heterocycles. The van der Waals surface area contributed by atoms with E-state index in [0.717, 1.165) is 12.0 Å². The molecule has 132 valence electrons. The highest BCUT2D eigenvalue weighted by Crippen LogP contribution is 2.09. The quantitative estimate of drug-likeness (QED) is 0.785. The Balaban J connectivity index is 1.53. The van der Waals surface area contributed by atoms with Gasteiger partial charge >= 0.3 is 0 Å². The molecule has 8 nitrogen and oxygen atoms in total. The molecule has 0 radical (unpaired) electrons. The van der Waals surface area contributed by atoms with Gasteiger partial charge in [-0.05, 0) is 34.5 Å². The van der Waals surface area contributed by atoms with E-state index in [1.54, 1.807) is 21.9 Å². The lowest BCUT2D eigenvalue weighted by molar-refractivity contribution is -0.133. The second-order valence-corrected chi connectivity index (χ2v) is 5.93. The molecule has 0 bridgehead atoms. The van der Waals surface area contributed by atoms with Crippen molar-refractivity contribution in [3.8, 4) is 0 Å². The highest BCUT2D eigenvalue weighted by atomic mass is 19.1. The molecule has 9 heteroatoms. The van der Waals surface area contributed by atoms with Crippen LogP contribution in [0.2, 0.25) is 0 Å². The summed E-state index contributed by atoms with van der Waals surface area (Å²) in [4.78, 5) is 28.2. The number of carbonyl (C=O) groups is 2. The molecular formula is C16H19FN6O2. The molecule has 0 atom stereocenters. The Hall–Kier alpha value is -2.84. The van der Waals surface area contributed by atoms with Crippen molar-refractivity contribution in [2.45, 2.75) is 19.4 Å². The highest BCUT2D eigenvalue weighted by Gasteiger charge is 2.22. The third kappa shape index (κ3) is 4.59. The summed E-state index contributed by atoms with van der Waals surface area (Å²) in [6.45, 7) is 2.27. The number of hydrogen-bond acceptors (Lipinski definition) is 5. The standard InChI is InChI=1S/C16H19FN6O2/c17-14-4-2-13(3-5-14)10-15(24)21-6-1-7-22(9-8-21)16(25)11-23-12-18-19-20-23/h2-5,12H,1,6-11H2. The van der Waals surface area contributed by atoms with Gasteiger partial charge in [0.1, 0.15) is 18.7 Å². The molecule has 0 N–H and O–H groups in total. The number of nitrogens with zero attached hydrogens (tertiary/aromatic N) is 6. The van der Waals surface area contributed by atoms with Crippen LogP contribution in [0.3, 0.4) is 0 Å². The minimum Gasteiger partial charge on any atom is -0.341 e. The molecule has 2 heterocycles. The molecule has 0 aliphatic carbocycles. The second kappa shape index (κ2) is 7.82. The van der Waals surface area contributed by atoms with Crippen LogP contribution in [-0.4, -0.2) is 68.0 Å². The number of carbonyl (C=O) groups excluding carboxylic acids is 2. The molecule has 25 heavy (non-hydrogen) atoms. The van der Waals surface area contributed by atoms with Gasteiger partial charge in [0, 0.05) is 26.2 Å². The fourth-order valence-corrected chi connectivity index (χ4v) is 2.80. The fourth-order valence-electron chi connectivity index (χ4n) is 2.80. The van der Waals surface area contributed by atoms with Crippen molar-refractivity contribution in [1.82, 2.24) is 30.0 Å². The summed E-state index contributed by atoms with van der Waals surface area (Å²) in [5.74, 6) is -0.399. The normalized spacial score (nSPS) is 15.1. The van der Waals surface area contributed by atoms with Crippen LogP contribution in [-0.2, 0) is 22.6 Å². The Kier molecular flexibility index (Phi) is 5.32. The van der Waals surface area contributed by atoms with Crippen LogP contribution in [0.25, 0.3) is 0 Å². The average molecular weight is 346 g/mol. The average Bonchev–Trinajstić information content (AvgIpc) is 2.98. The van der Waals surface area contributed by atoms with Gasteiger partial charge in [-0.25, -0.2) is 9.07 Å². The van der Waals surface area contributed by atoms with E-state index < -0.39 is 0 Å². The van der Waals surface area contributed by atoms with Crippen LogP contribution in [0, 0.1) is 5.82 Å². The molecule has 1 saturated heterocycles. The molecule has 0 spiro atoms. The van der Waals surface area contributed by atoms with Gasteiger partial charge in [0.25, 0.3) is 0 Å². The first-order chi connectivity index (χ1) is 12.1. The molecule has 0 saturated carbocycles. The van der Waals surface area contributed by atoms with Crippen LogP contribution in [0.1, 0.15) is 12.0 Å². The summed E-state index contributed by atoms with van der Waals surface area (Å²) in [7, 11) is 0. The lowest BCUT2D eigenvalue weighted by Gasteiger charge is -2.22. The molecule has 3 rings (SSSR count). The fraction of sp³-hybridized carbons (Fsp3) is 0.438. The van der Waals surface area contributed by atoms with Crippen LogP contribution < -0.4 is 0 Å². The molecular weight excluding hydrogens is 327 g/mol. The first kappa shape index (κ1) is 17.0. The summed E-state index contributed by atoms with van der Waals surface area (Å²) in [5.41, 5.74) is 0.780. The Morgan fingerprint density at radius 2 is 1.68 bits per heavy atom. The first-order valence-corrected chi connectivity index (χ1v) is 8.12. The second-order valence-electron chi connectivity index (χ2n) is 5.93. The van der Waals surface area contributed by atoms with Crippen LogP contribution in [0.5, 0.6) is 0 Å². The van der Waals surface area contributed by atoms with Gasteiger partial charge in [0.2, 0.25) is 11.8 Å². The van der Waals surface area contributed by atoms with E-state index in [1.165, 1.54) is 23.1 Å². The number of benzene rings is 1. The Morgan fingerprint density at radius 3 is 2.32 bits per heavy atom. The number of amides is 2. The van der Waals surface area contributed by atoms with Crippen LogP contribution in [0.4, 0.5) is 4.39 Å². The van der Waals surface area contributed by atoms with Gasteiger partial charge in [0.15, 0.2) is 0 Å². The maximum absolute atomic E-state index is 12.9.